The first-order valence-corrected chi connectivity index (χ1v) is 11.4. The fraction of sp³-hybridized carbons (Fsp3) is 0.167. The van der Waals surface area contributed by atoms with Crippen molar-refractivity contribution in [2.24, 2.45) is 0 Å². The number of hydrogen-bond donors (Lipinski definition) is 0. The third kappa shape index (κ3) is 4.36. The fourth-order valence-corrected chi connectivity index (χ4v) is 5.06. The summed E-state index contributed by atoms with van der Waals surface area (Å²) in [5, 5.41) is 0.732. The summed E-state index contributed by atoms with van der Waals surface area (Å²) in [5.74, 6) is 0.907. The molecule has 1 heterocycles. The smallest absolute Gasteiger partial charge is 0.261 e. The average molecular weight is 419 g/mol. The minimum Gasteiger partial charge on any atom is -0.279 e. The molecule has 5 heteroatoms. The maximum atomic E-state index is 13.7. The fourth-order valence-electron chi connectivity index (χ4n) is 3.20. The van der Waals surface area contributed by atoms with Gasteiger partial charge in [-0.25, -0.2) is 4.98 Å². The monoisotopic (exact) mass is 418 g/mol. The van der Waals surface area contributed by atoms with E-state index in [9.17, 15) is 4.79 Å². The van der Waals surface area contributed by atoms with Crippen LogP contribution < -0.4 is 4.90 Å². The standard InChI is InChI=1S/C24H22N2OS2/c1-3-28-21-12-8-7-11-19(21)23(27)26(16-18-9-5-4-6-10-18)24-25-20-14-13-17(2)15-22(20)29-24/h4-15H,3,16H2,1-2H3. The predicted molar refractivity (Wildman–Crippen MR) is 124 cm³/mol. The number of aromatic nitrogens is 1. The molecule has 4 aromatic rings. The lowest BCUT2D eigenvalue weighted by Crippen LogP contribution is -2.30. The van der Waals surface area contributed by atoms with E-state index in [2.05, 4.69) is 26.0 Å². The maximum Gasteiger partial charge on any atom is 0.261 e. The third-order valence-electron chi connectivity index (χ3n) is 4.61. The largest absolute Gasteiger partial charge is 0.279 e. The van der Waals surface area contributed by atoms with E-state index in [0.717, 1.165) is 37.1 Å². The predicted octanol–water partition coefficient (Wildman–Crippen LogP) is 6.56. The molecule has 4 rings (SSSR count). The number of carbonyl (C=O) groups is 1. The molecule has 0 atom stereocenters. The van der Waals surface area contributed by atoms with E-state index >= 15 is 0 Å². The van der Waals surface area contributed by atoms with Crippen LogP contribution in [0.3, 0.4) is 0 Å². The van der Waals surface area contributed by atoms with E-state index in [1.807, 2.05) is 65.6 Å². The van der Waals surface area contributed by atoms with Crippen molar-refractivity contribution in [2.45, 2.75) is 25.3 Å². The van der Waals surface area contributed by atoms with Crippen LogP contribution >= 0.6 is 23.1 Å². The number of aryl methyl sites for hydroxylation is 1. The van der Waals surface area contributed by atoms with Gasteiger partial charge in [0.15, 0.2) is 5.13 Å². The van der Waals surface area contributed by atoms with Gasteiger partial charge in [0.05, 0.1) is 22.3 Å². The lowest BCUT2D eigenvalue weighted by molar-refractivity contribution is 0.0982. The van der Waals surface area contributed by atoms with Crippen LogP contribution in [0.1, 0.15) is 28.4 Å². The number of nitrogens with zero attached hydrogens (tertiary/aromatic N) is 2. The summed E-state index contributed by atoms with van der Waals surface area (Å²) in [6, 6.07) is 24.1. The molecule has 0 aliphatic rings. The summed E-state index contributed by atoms with van der Waals surface area (Å²) in [5.41, 5.74) is 3.93. The molecule has 0 N–H and O–H groups in total. The van der Waals surface area contributed by atoms with Crippen molar-refractivity contribution in [3.63, 3.8) is 0 Å². The number of thiazole rings is 1. The zero-order valence-corrected chi connectivity index (χ0v) is 18.1. The van der Waals surface area contributed by atoms with E-state index in [0.29, 0.717) is 6.54 Å². The van der Waals surface area contributed by atoms with Gasteiger partial charge in [-0.3, -0.25) is 9.69 Å². The number of anilines is 1. The summed E-state index contributed by atoms with van der Waals surface area (Å²) in [4.78, 5) is 21.3. The lowest BCUT2D eigenvalue weighted by atomic mass is 10.1. The molecule has 0 bridgehead atoms. The molecule has 0 aliphatic carbocycles. The number of hydrogen-bond acceptors (Lipinski definition) is 4. The third-order valence-corrected chi connectivity index (χ3v) is 6.61. The summed E-state index contributed by atoms with van der Waals surface area (Å²) in [7, 11) is 0. The molecular formula is C24H22N2OS2. The Morgan fingerprint density at radius 2 is 1.79 bits per heavy atom. The molecule has 1 aromatic heterocycles. The molecule has 3 aromatic carbocycles. The Balaban J connectivity index is 1.78. The number of thioether (sulfide) groups is 1. The minimum atomic E-state index is -0.0128. The highest BCUT2D eigenvalue weighted by molar-refractivity contribution is 7.99. The Bertz CT molecular complexity index is 1140. The van der Waals surface area contributed by atoms with Gasteiger partial charge >= 0.3 is 0 Å². The van der Waals surface area contributed by atoms with Crippen LogP contribution in [0, 0.1) is 6.92 Å². The molecule has 0 aliphatic heterocycles. The van der Waals surface area contributed by atoms with Crippen LogP contribution in [-0.2, 0) is 6.54 Å². The van der Waals surface area contributed by atoms with Crippen molar-refractivity contribution in [2.75, 3.05) is 10.7 Å². The Morgan fingerprint density at radius 3 is 2.59 bits per heavy atom. The summed E-state index contributed by atoms with van der Waals surface area (Å²) < 4.78 is 1.10. The van der Waals surface area contributed by atoms with Gasteiger partial charge in [0.2, 0.25) is 0 Å². The van der Waals surface area contributed by atoms with Gasteiger partial charge in [0.25, 0.3) is 5.91 Å². The van der Waals surface area contributed by atoms with Crippen molar-refractivity contribution in [1.82, 2.24) is 4.98 Å². The van der Waals surface area contributed by atoms with Crippen molar-refractivity contribution in [1.29, 1.82) is 0 Å². The second kappa shape index (κ2) is 8.80. The van der Waals surface area contributed by atoms with E-state index in [1.54, 1.807) is 23.1 Å². The van der Waals surface area contributed by atoms with E-state index in [4.69, 9.17) is 4.98 Å². The van der Waals surface area contributed by atoms with E-state index < -0.39 is 0 Å². The normalized spacial score (nSPS) is 11.0. The lowest BCUT2D eigenvalue weighted by Gasteiger charge is -2.21. The number of carbonyl (C=O) groups excluding carboxylic acids is 1. The highest BCUT2D eigenvalue weighted by Gasteiger charge is 2.23. The van der Waals surface area contributed by atoms with Crippen molar-refractivity contribution >= 4 is 44.4 Å². The Kier molecular flexibility index (Phi) is 5.97. The van der Waals surface area contributed by atoms with Crippen molar-refractivity contribution < 1.29 is 4.79 Å². The average Bonchev–Trinajstić information content (AvgIpc) is 3.16. The van der Waals surface area contributed by atoms with Gasteiger partial charge in [-0.2, -0.15) is 0 Å². The Labute approximate surface area is 179 Å². The molecular weight excluding hydrogens is 396 g/mol. The van der Waals surface area contributed by atoms with Crippen LogP contribution in [0.15, 0.2) is 77.7 Å². The highest BCUT2D eigenvalue weighted by atomic mass is 32.2. The molecule has 0 unspecified atom stereocenters. The number of benzene rings is 3. The van der Waals surface area contributed by atoms with Crippen LogP contribution in [0.2, 0.25) is 0 Å². The van der Waals surface area contributed by atoms with Crippen molar-refractivity contribution in [3.8, 4) is 0 Å². The van der Waals surface area contributed by atoms with Gasteiger partial charge in [0.1, 0.15) is 0 Å². The van der Waals surface area contributed by atoms with Crippen LogP contribution in [0.5, 0.6) is 0 Å². The van der Waals surface area contributed by atoms with Crippen LogP contribution in [0.4, 0.5) is 5.13 Å². The first-order valence-electron chi connectivity index (χ1n) is 9.60. The molecule has 29 heavy (non-hydrogen) atoms. The zero-order chi connectivity index (χ0) is 20.2. The topological polar surface area (TPSA) is 33.2 Å². The summed E-state index contributed by atoms with van der Waals surface area (Å²) in [6.07, 6.45) is 0. The second-order valence-corrected chi connectivity index (χ2v) is 9.09. The molecule has 0 radical (unpaired) electrons. The maximum absolute atomic E-state index is 13.7. The summed E-state index contributed by atoms with van der Waals surface area (Å²) in [6.45, 7) is 4.66. The van der Waals surface area contributed by atoms with E-state index in [-0.39, 0.29) is 5.91 Å². The van der Waals surface area contributed by atoms with Crippen molar-refractivity contribution in [3.05, 3.63) is 89.5 Å². The minimum absolute atomic E-state index is 0.0128. The molecule has 0 saturated carbocycles. The second-order valence-electron chi connectivity index (χ2n) is 6.77. The Morgan fingerprint density at radius 1 is 1.03 bits per heavy atom. The van der Waals surface area contributed by atoms with Gasteiger partial charge in [0, 0.05) is 4.90 Å². The highest BCUT2D eigenvalue weighted by Crippen LogP contribution is 2.33. The SMILES string of the molecule is CCSc1ccccc1C(=O)N(Cc1ccccc1)c1nc2ccc(C)cc2s1. The zero-order valence-electron chi connectivity index (χ0n) is 16.5. The van der Waals surface area contributed by atoms with Gasteiger partial charge in [-0.15, -0.1) is 11.8 Å². The molecule has 3 nitrogen and oxygen atoms in total. The quantitative estimate of drug-likeness (QED) is 0.332. The number of amides is 1. The Hall–Kier alpha value is -2.63. The first-order chi connectivity index (χ1) is 14.2. The number of rotatable bonds is 6. The van der Waals surface area contributed by atoms with Crippen LogP contribution in [-0.4, -0.2) is 16.6 Å². The molecule has 1 amide bonds. The van der Waals surface area contributed by atoms with E-state index in [1.165, 1.54) is 5.56 Å². The first kappa shape index (κ1) is 19.7. The molecule has 146 valence electrons. The van der Waals surface area contributed by atoms with Gasteiger partial charge in [-0.1, -0.05) is 66.8 Å². The number of fused-ring (bicyclic) bond motifs is 1. The molecule has 0 fully saturated rings. The molecule has 0 saturated heterocycles. The summed E-state index contributed by atoms with van der Waals surface area (Å²) >= 11 is 3.26. The molecule has 0 spiro atoms. The van der Waals surface area contributed by atoms with Gasteiger partial charge in [-0.05, 0) is 48.1 Å². The van der Waals surface area contributed by atoms with Crippen LogP contribution in [0.25, 0.3) is 10.2 Å². The van der Waals surface area contributed by atoms with Gasteiger partial charge < -0.3 is 0 Å².